The van der Waals surface area contributed by atoms with Crippen molar-refractivity contribution in [2.75, 3.05) is 5.32 Å². The molecule has 5 nitrogen and oxygen atoms in total. The van der Waals surface area contributed by atoms with Gasteiger partial charge in [-0.25, -0.2) is 4.99 Å². The van der Waals surface area contributed by atoms with E-state index < -0.39 is 5.66 Å². The van der Waals surface area contributed by atoms with Gasteiger partial charge in [0.05, 0.1) is 0 Å². The maximum atomic E-state index is 12.2. The second kappa shape index (κ2) is 4.60. The first-order valence-corrected chi connectivity index (χ1v) is 5.76. The number of hydrogen-bond donors (Lipinski definition) is 2. The molecule has 94 valence electrons. The average Bonchev–Trinajstić information content (AvgIpc) is 2.28. The topological polar surface area (TPSA) is 79.8 Å². The zero-order valence-electron chi connectivity index (χ0n) is 10.5. The Balaban J connectivity index is 2.21. The number of amides is 1. The summed E-state index contributed by atoms with van der Waals surface area (Å²) in [6, 6.07) is 9.22. The van der Waals surface area contributed by atoms with Crippen molar-refractivity contribution >= 4 is 23.1 Å². The number of nitrogens with two attached hydrogens (primary N) is 1. The summed E-state index contributed by atoms with van der Waals surface area (Å²) in [5.74, 6) is 0.156. The van der Waals surface area contributed by atoms with Crippen LogP contribution < -0.4 is 11.1 Å². The van der Waals surface area contributed by atoms with Crippen LogP contribution in [0.1, 0.15) is 20.3 Å². The Morgan fingerprint density at radius 3 is 2.61 bits per heavy atom. The van der Waals surface area contributed by atoms with Gasteiger partial charge in [0, 0.05) is 17.8 Å². The van der Waals surface area contributed by atoms with Gasteiger partial charge < -0.3 is 11.1 Å². The molecule has 1 aliphatic rings. The molecule has 2 rings (SSSR count). The smallest absolute Gasteiger partial charge is 0.274 e. The molecular weight excluding hydrogens is 228 g/mol. The summed E-state index contributed by atoms with van der Waals surface area (Å²) >= 11 is 0. The molecule has 1 unspecified atom stereocenters. The van der Waals surface area contributed by atoms with Gasteiger partial charge in [0.1, 0.15) is 5.84 Å². The van der Waals surface area contributed by atoms with Crippen molar-refractivity contribution in [3.05, 3.63) is 30.3 Å². The van der Waals surface area contributed by atoms with Crippen LogP contribution in [0.2, 0.25) is 0 Å². The van der Waals surface area contributed by atoms with E-state index in [9.17, 15) is 4.79 Å². The molecule has 18 heavy (non-hydrogen) atoms. The lowest BCUT2D eigenvalue weighted by molar-refractivity contribution is -0.120. The molecule has 1 aromatic rings. The van der Waals surface area contributed by atoms with Crippen molar-refractivity contribution in [2.45, 2.75) is 25.9 Å². The average molecular weight is 244 g/mol. The fraction of sp³-hybridized carbons (Fsp3) is 0.308. The van der Waals surface area contributed by atoms with Crippen LogP contribution in [-0.2, 0) is 4.79 Å². The number of amidine groups is 1. The van der Waals surface area contributed by atoms with Crippen LogP contribution in [-0.4, -0.2) is 23.1 Å². The minimum absolute atomic E-state index is 0.282. The van der Waals surface area contributed by atoms with Gasteiger partial charge in [0.2, 0.25) is 5.66 Å². The van der Waals surface area contributed by atoms with Crippen LogP contribution in [0.5, 0.6) is 0 Å². The standard InChI is InChI=1S/C13H16N4O/c1-9-8-11(14)17-13(2,16-9)12(18)15-10-6-4-3-5-7-10/h3-7H,8H2,1-2H3,(H2,14,17)(H,15,18). The first-order valence-electron chi connectivity index (χ1n) is 5.76. The molecule has 1 aliphatic heterocycles. The summed E-state index contributed by atoms with van der Waals surface area (Å²) in [7, 11) is 0. The Hall–Kier alpha value is -2.17. The Morgan fingerprint density at radius 1 is 1.33 bits per heavy atom. The van der Waals surface area contributed by atoms with Crippen molar-refractivity contribution < 1.29 is 4.79 Å². The summed E-state index contributed by atoms with van der Waals surface area (Å²) in [6.07, 6.45) is 0.522. The normalized spacial score (nSPS) is 23.0. The van der Waals surface area contributed by atoms with Crippen LogP contribution in [0.25, 0.3) is 0 Å². The van der Waals surface area contributed by atoms with Gasteiger partial charge >= 0.3 is 0 Å². The number of para-hydroxylation sites is 1. The van der Waals surface area contributed by atoms with E-state index in [1.54, 1.807) is 6.92 Å². The molecule has 0 aromatic heterocycles. The minimum Gasteiger partial charge on any atom is -0.387 e. The Labute approximate surface area is 106 Å². The molecule has 1 heterocycles. The third-order valence-corrected chi connectivity index (χ3v) is 2.67. The van der Waals surface area contributed by atoms with Gasteiger partial charge in [-0.3, -0.25) is 9.79 Å². The highest BCUT2D eigenvalue weighted by Crippen LogP contribution is 2.20. The molecule has 0 saturated heterocycles. The molecule has 3 N–H and O–H groups in total. The SMILES string of the molecule is CC1=NC(C)(C(=O)Nc2ccccc2)N=C(N)C1. The van der Waals surface area contributed by atoms with Gasteiger partial charge in [0.25, 0.3) is 5.91 Å². The number of carbonyl (C=O) groups excluding carboxylic acids is 1. The number of nitrogens with zero attached hydrogens (tertiary/aromatic N) is 2. The number of hydrogen-bond acceptors (Lipinski definition) is 4. The fourth-order valence-electron chi connectivity index (χ4n) is 1.89. The third-order valence-electron chi connectivity index (χ3n) is 2.67. The van der Waals surface area contributed by atoms with E-state index in [1.165, 1.54) is 0 Å². The van der Waals surface area contributed by atoms with E-state index in [-0.39, 0.29) is 5.91 Å². The zero-order chi connectivity index (χ0) is 13.2. The predicted octanol–water partition coefficient (Wildman–Crippen LogP) is 1.56. The van der Waals surface area contributed by atoms with Gasteiger partial charge in [-0.1, -0.05) is 18.2 Å². The molecule has 0 saturated carbocycles. The second-order valence-electron chi connectivity index (χ2n) is 4.47. The number of aliphatic imine (C=N–C) groups is 2. The summed E-state index contributed by atoms with van der Waals surface area (Å²) in [5, 5.41) is 2.78. The molecule has 5 heteroatoms. The predicted molar refractivity (Wildman–Crippen MR) is 72.8 cm³/mol. The first-order chi connectivity index (χ1) is 8.49. The lowest BCUT2D eigenvalue weighted by atomic mass is 10.1. The van der Waals surface area contributed by atoms with Gasteiger partial charge in [-0.15, -0.1) is 0 Å². The second-order valence-corrected chi connectivity index (χ2v) is 4.47. The molecule has 1 amide bonds. The van der Waals surface area contributed by atoms with Crippen molar-refractivity contribution in [3.63, 3.8) is 0 Å². The van der Waals surface area contributed by atoms with Crippen LogP contribution in [0.15, 0.2) is 40.3 Å². The maximum absolute atomic E-state index is 12.2. The fourth-order valence-corrected chi connectivity index (χ4v) is 1.89. The van der Waals surface area contributed by atoms with E-state index in [0.29, 0.717) is 12.3 Å². The largest absolute Gasteiger partial charge is 0.387 e. The summed E-state index contributed by atoms with van der Waals surface area (Å²) < 4.78 is 0. The van der Waals surface area contributed by atoms with Gasteiger partial charge in [-0.2, -0.15) is 0 Å². The molecule has 0 aliphatic carbocycles. The number of anilines is 1. The van der Waals surface area contributed by atoms with E-state index in [1.807, 2.05) is 37.3 Å². The van der Waals surface area contributed by atoms with E-state index in [0.717, 1.165) is 11.4 Å². The zero-order valence-corrected chi connectivity index (χ0v) is 10.5. The molecule has 1 aromatic carbocycles. The molecule has 0 bridgehead atoms. The van der Waals surface area contributed by atoms with Crippen molar-refractivity contribution in [1.29, 1.82) is 0 Å². The molecule has 0 fully saturated rings. The number of benzene rings is 1. The molecular formula is C13H16N4O. The maximum Gasteiger partial charge on any atom is 0.274 e. The molecule has 1 atom stereocenters. The lowest BCUT2D eigenvalue weighted by Gasteiger charge is -2.25. The van der Waals surface area contributed by atoms with E-state index in [4.69, 9.17) is 5.73 Å². The van der Waals surface area contributed by atoms with E-state index in [2.05, 4.69) is 15.3 Å². The van der Waals surface area contributed by atoms with Crippen molar-refractivity contribution in [1.82, 2.24) is 0 Å². The number of rotatable bonds is 2. The quantitative estimate of drug-likeness (QED) is 0.828. The van der Waals surface area contributed by atoms with Crippen LogP contribution in [0, 0.1) is 0 Å². The Bertz CT molecular complexity index is 501. The van der Waals surface area contributed by atoms with E-state index >= 15 is 0 Å². The number of nitrogens with one attached hydrogen (secondary N) is 1. The van der Waals surface area contributed by atoms with Crippen molar-refractivity contribution in [2.24, 2.45) is 15.7 Å². The van der Waals surface area contributed by atoms with Gasteiger partial charge in [0.15, 0.2) is 0 Å². The minimum atomic E-state index is -1.16. The molecule has 0 spiro atoms. The highest BCUT2D eigenvalue weighted by Gasteiger charge is 2.34. The molecule has 0 radical (unpaired) electrons. The van der Waals surface area contributed by atoms with Gasteiger partial charge in [-0.05, 0) is 26.0 Å². The highest BCUT2D eigenvalue weighted by atomic mass is 16.2. The Kier molecular flexibility index (Phi) is 3.14. The highest BCUT2D eigenvalue weighted by molar-refractivity contribution is 6.08. The summed E-state index contributed by atoms with van der Waals surface area (Å²) in [6.45, 7) is 3.50. The lowest BCUT2D eigenvalue weighted by Crippen LogP contribution is -2.42. The first kappa shape index (κ1) is 12.3. The Morgan fingerprint density at radius 2 is 2.00 bits per heavy atom. The summed E-state index contributed by atoms with van der Waals surface area (Å²) in [4.78, 5) is 20.7. The summed E-state index contributed by atoms with van der Waals surface area (Å²) in [5.41, 5.74) is 6.09. The third kappa shape index (κ3) is 2.56. The van der Waals surface area contributed by atoms with Crippen LogP contribution in [0.4, 0.5) is 5.69 Å². The van der Waals surface area contributed by atoms with Crippen molar-refractivity contribution in [3.8, 4) is 0 Å². The number of carbonyl (C=O) groups is 1. The van der Waals surface area contributed by atoms with Crippen LogP contribution >= 0.6 is 0 Å². The van der Waals surface area contributed by atoms with Crippen LogP contribution in [0.3, 0.4) is 0 Å². The monoisotopic (exact) mass is 244 g/mol.